The van der Waals surface area contributed by atoms with Crippen LogP contribution in [0.25, 0.3) is 0 Å². The first-order chi connectivity index (χ1) is 11.5. The summed E-state index contributed by atoms with van der Waals surface area (Å²) >= 11 is 0. The Morgan fingerprint density at radius 1 is 1.33 bits per heavy atom. The van der Waals surface area contributed by atoms with E-state index in [9.17, 15) is 13.8 Å². The zero-order valence-electron chi connectivity index (χ0n) is 13.0. The molecule has 1 unspecified atom stereocenters. The van der Waals surface area contributed by atoms with Gasteiger partial charge in [0.05, 0.1) is 12.2 Å². The van der Waals surface area contributed by atoms with Gasteiger partial charge in [-0.1, -0.05) is 12.1 Å². The Labute approximate surface area is 141 Å². The minimum atomic E-state index is -1.17. The van der Waals surface area contributed by atoms with Crippen LogP contribution in [0, 0.1) is 0 Å². The van der Waals surface area contributed by atoms with Gasteiger partial charge < -0.3 is 19.6 Å². The number of nitrogens with one attached hydrogen (secondary N) is 1. The molecular formula is C16H17NO6S. The molecule has 1 heterocycles. The highest BCUT2D eigenvalue weighted by molar-refractivity contribution is 7.84. The number of rotatable bonds is 8. The largest absolute Gasteiger partial charge is 0.478 e. The smallest absolute Gasteiger partial charge is 0.338 e. The molecule has 2 aromatic rings. The molecule has 0 spiro atoms. The van der Waals surface area contributed by atoms with Crippen molar-refractivity contribution >= 4 is 28.4 Å². The van der Waals surface area contributed by atoms with Gasteiger partial charge >= 0.3 is 5.97 Å². The molecule has 0 aliphatic rings. The van der Waals surface area contributed by atoms with Crippen LogP contribution in [0.5, 0.6) is 0 Å². The standard InChI is InChI=1S/C16H17NO6S/c1-22-5-6-24(21)10-11-3-2-4-13(7-11)17-15(18)14-8-12(9-23-14)16(19)20/h2-4,7-9H,5-6,10H2,1H3,(H,17,18)(H,19,20). The highest BCUT2D eigenvalue weighted by atomic mass is 32.2. The summed E-state index contributed by atoms with van der Waals surface area (Å²) < 4.78 is 21.7. The van der Waals surface area contributed by atoms with Crippen molar-refractivity contribution in [3.05, 3.63) is 53.5 Å². The Hall–Kier alpha value is -2.45. The van der Waals surface area contributed by atoms with Gasteiger partial charge in [-0.05, 0) is 17.7 Å². The summed E-state index contributed by atoms with van der Waals surface area (Å²) in [5.74, 6) is -1.02. The molecule has 1 aromatic heterocycles. The van der Waals surface area contributed by atoms with Gasteiger partial charge in [-0.2, -0.15) is 0 Å². The molecule has 24 heavy (non-hydrogen) atoms. The lowest BCUT2D eigenvalue weighted by molar-refractivity contribution is 0.0696. The van der Waals surface area contributed by atoms with Crippen molar-refractivity contribution in [1.82, 2.24) is 0 Å². The van der Waals surface area contributed by atoms with E-state index in [1.165, 1.54) is 0 Å². The molecule has 1 atom stereocenters. The predicted octanol–water partition coefficient (Wildman–Crippen LogP) is 2.13. The van der Waals surface area contributed by atoms with E-state index >= 15 is 0 Å². The van der Waals surface area contributed by atoms with Gasteiger partial charge in [0.25, 0.3) is 5.91 Å². The van der Waals surface area contributed by atoms with Gasteiger partial charge in [0, 0.05) is 41.2 Å². The fraction of sp³-hybridized carbons (Fsp3) is 0.250. The molecule has 128 valence electrons. The summed E-state index contributed by atoms with van der Waals surface area (Å²) in [5, 5.41) is 11.4. The monoisotopic (exact) mass is 351 g/mol. The fourth-order valence-electron chi connectivity index (χ4n) is 1.93. The van der Waals surface area contributed by atoms with Crippen LogP contribution in [0.2, 0.25) is 0 Å². The summed E-state index contributed by atoms with van der Waals surface area (Å²) in [6, 6.07) is 8.10. The maximum atomic E-state index is 12.1. The van der Waals surface area contributed by atoms with Crippen molar-refractivity contribution < 1.29 is 28.1 Å². The number of carboxylic acid groups (broad SMARTS) is 1. The molecule has 1 aromatic carbocycles. The van der Waals surface area contributed by atoms with E-state index in [0.29, 0.717) is 23.8 Å². The topological polar surface area (TPSA) is 106 Å². The minimum Gasteiger partial charge on any atom is -0.478 e. The van der Waals surface area contributed by atoms with Crippen LogP contribution >= 0.6 is 0 Å². The molecule has 0 saturated carbocycles. The van der Waals surface area contributed by atoms with Crippen molar-refractivity contribution in [3.63, 3.8) is 0 Å². The van der Waals surface area contributed by atoms with Gasteiger partial charge in [0.15, 0.2) is 5.76 Å². The van der Waals surface area contributed by atoms with Crippen molar-refractivity contribution in [2.45, 2.75) is 5.75 Å². The molecule has 8 heteroatoms. The third-order valence-electron chi connectivity index (χ3n) is 3.10. The maximum Gasteiger partial charge on any atom is 0.338 e. The number of anilines is 1. The van der Waals surface area contributed by atoms with Crippen LogP contribution < -0.4 is 5.32 Å². The van der Waals surface area contributed by atoms with Crippen LogP contribution in [-0.4, -0.2) is 40.7 Å². The molecule has 0 bridgehead atoms. The van der Waals surface area contributed by atoms with E-state index in [4.69, 9.17) is 14.3 Å². The molecule has 1 amide bonds. The van der Waals surface area contributed by atoms with E-state index in [-0.39, 0.29) is 11.3 Å². The third kappa shape index (κ3) is 5.04. The van der Waals surface area contributed by atoms with E-state index in [1.807, 2.05) is 6.07 Å². The molecule has 0 aliphatic carbocycles. The van der Waals surface area contributed by atoms with Crippen molar-refractivity contribution in [2.24, 2.45) is 0 Å². The van der Waals surface area contributed by atoms with Crippen LogP contribution in [0.4, 0.5) is 5.69 Å². The normalized spacial score (nSPS) is 11.9. The number of carbonyl (C=O) groups is 2. The van der Waals surface area contributed by atoms with Crippen LogP contribution in [-0.2, 0) is 21.3 Å². The summed E-state index contributed by atoms with van der Waals surface area (Å²) in [5.41, 5.74) is 1.23. The zero-order valence-corrected chi connectivity index (χ0v) is 13.8. The van der Waals surface area contributed by atoms with Crippen LogP contribution in [0.15, 0.2) is 41.0 Å². The number of methoxy groups -OCH3 is 1. The first-order valence-electron chi connectivity index (χ1n) is 7.05. The fourth-order valence-corrected chi connectivity index (χ4v) is 2.98. The summed E-state index contributed by atoms with van der Waals surface area (Å²) in [6.07, 6.45) is 1.01. The Morgan fingerprint density at radius 2 is 2.12 bits per heavy atom. The number of benzene rings is 1. The highest BCUT2D eigenvalue weighted by Crippen LogP contribution is 2.15. The average Bonchev–Trinajstić information content (AvgIpc) is 3.03. The Bertz CT molecular complexity index is 755. The summed E-state index contributed by atoms with van der Waals surface area (Å²) in [4.78, 5) is 22.8. The lowest BCUT2D eigenvalue weighted by atomic mass is 10.2. The number of hydrogen-bond donors (Lipinski definition) is 2. The number of aromatic carboxylic acids is 1. The lowest BCUT2D eigenvalue weighted by Crippen LogP contribution is -2.11. The van der Waals surface area contributed by atoms with Crippen molar-refractivity contribution in [3.8, 4) is 0 Å². The SMILES string of the molecule is COCCS(=O)Cc1cccc(NC(=O)c2cc(C(=O)O)co2)c1. The van der Waals surface area contributed by atoms with E-state index in [0.717, 1.165) is 17.9 Å². The molecular weight excluding hydrogens is 334 g/mol. The number of carbonyl (C=O) groups excluding carboxylic acids is 1. The van der Waals surface area contributed by atoms with Crippen LogP contribution in [0.1, 0.15) is 26.5 Å². The summed E-state index contributed by atoms with van der Waals surface area (Å²) in [6.45, 7) is 0.424. The first-order valence-corrected chi connectivity index (χ1v) is 8.54. The molecule has 2 rings (SSSR count). The van der Waals surface area contributed by atoms with E-state index in [1.54, 1.807) is 25.3 Å². The number of amides is 1. The molecule has 2 N–H and O–H groups in total. The highest BCUT2D eigenvalue weighted by Gasteiger charge is 2.15. The Balaban J connectivity index is 2.01. The van der Waals surface area contributed by atoms with Gasteiger partial charge in [-0.15, -0.1) is 0 Å². The number of furan rings is 1. The molecule has 7 nitrogen and oxygen atoms in total. The molecule has 0 fully saturated rings. The minimum absolute atomic E-state index is 0.0950. The maximum absolute atomic E-state index is 12.1. The van der Waals surface area contributed by atoms with Crippen molar-refractivity contribution in [2.75, 3.05) is 24.8 Å². The number of ether oxygens (including phenoxy) is 1. The Kier molecular flexibility index (Phi) is 6.28. The first kappa shape index (κ1) is 17.9. The quantitative estimate of drug-likeness (QED) is 0.755. The number of hydrogen-bond acceptors (Lipinski definition) is 5. The molecule has 0 aliphatic heterocycles. The number of carboxylic acids is 1. The second-order valence-electron chi connectivity index (χ2n) is 4.94. The van der Waals surface area contributed by atoms with Gasteiger partial charge in [-0.25, -0.2) is 4.79 Å². The van der Waals surface area contributed by atoms with Gasteiger partial charge in [-0.3, -0.25) is 9.00 Å². The van der Waals surface area contributed by atoms with E-state index in [2.05, 4.69) is 5.32 Å². The lowest BCUT2D eigenvalue weighted by Gasteiger charge is -2.06. The molecule has 0 saturated heterocycles. The van der Waals surface area contributed by atoms with Gasteiger partial charge in [0.2, 0.25) is 0 Å². The van der Waals surface area contributed by atoms with E-state index < -0.39 is 22.7 Å². The Morgan fingerprint density at radius 3 is 2.79 bits per heavy atom. The molecule has 0 radical (unpaired) electrons. The summed E-state index contributed by atoms with van der Waals surface area (Å²) in [7, 11) is 0.502. The third-order valence-corrected chi connectivity index (χ3v) is 4.38. The van der Waals surface area contributed by atoms with Crippen molar-refractivity contribution in [1.29, 1.82) is 0 Å². The van der Waals surface area contributed by atoms with Gasteiger partial charge in [0.1, 0.15) is 6.26 Å². The second-order valence-corrected chi connectivity index (χ2v) is 6.52. The second kappa shape index (κ2) is 8.42. The zero-order chi connectivity index (χ0) is 17.5. The average molecular weight is 351 g/mol. The predicted molar refractivity (Wildman–Crippen MR) is 88.7 cm³/mol. The van der Waals surface area contributed by atoms with Crippen LogP contribution in [0.3, 0.4) is 0 Å².